The van der Waals surface area contributed by atoms with E-state index in [1.54, 1.807) is 0 Å². The number of aromatic nitrogens is 1. The Morgan fingerprint density at radius 3 is 3.05 bits per heavy atom. The van der Waals surface area contributed by atoms with Gasteiger partial charge in [-0.1, -0.05) is 0 Å². The van der Waals surface area contributed by atoms with E-state index in [-0.39, 0.29) is 17.8 Å². The summed E-state index contributed by atoms with van der Waals surface area (Å²) >= 11 is 0. The third-order valence-corrected chi connectivity index (χ3v) is 2.96. The molecule has 1 atom stereocenters. The number of carbonyl (C=O) groups is 2. The standard InChI is InChI=1S/C12H16N4O3/c1-19-12(18)8-4-10(13)14-6-9(8)16-7-2-3-11(17)15-5-7/h4,6-7,16H,2-3,5H2,1H3,(H2,13,14)(H,15,17). The zero-order valence-corrected chi connectivity index (χ0v) is 10.6. The van der Waals surface area contributed by atoms with Gasteiger partial charge in [-0.25, -0.2) is 9.78 Å². The van der Waals surface area contributed by atoms with Crippen molar-refractivity contribution < 1.29 is 14.3 Å². The average Bonchev–Trinajstić information content (AvgIpc) is 2.42. The van der Waals surface area contributed by atoms with Gasteiger partial charge in [-0.05, 0) is 12.5 Å². The summed E-state index contributed by atoms with van der Waals surface area (Å²) in [6.07, 6.45) is 2.67. The first-order valence-electron chi connectivity index (χ1n) is 5.97. The molecule has 1 fully saturated rings. The number of anilines is 2. The second-order valence-corrected chi connectivity index (χ2v) is 4.33. The SMILES string of the molecule is COC(=O)c1cc(N)ncc1NC1CCC(=O)NC1. The summed E-state index contributed by atoms with van der Waals surface area (Å²) in [5, 5.41) is 5.94. The fourth-order valence-electron chi connectivity index (χ4n) is 1.94. The van der Waals surface area contributed by atoms with Gasteiger partial charge >= 0.3 is 5.97 Å². The summed E-state index contributed by atoms with van der Waals surface area (Å²) in [7, 11) is 1.31. The lowest BCUT2D eigenvalue weighted by atomic mass is 10.1. The smallest absolute Gasteiger partial charge is 0.340 e. The lowest BCUT2D eigenvalue weighted by Crippen LogP contribution is -2.42. The molecule has 102 valence electrons. The van der Waals surface area contributed by atoms with Gasteiger partial charge < -0.3 is 21.1 Å². The largest absolute Gasteiger partial charge is 0.465 e. The molecule has 4 N–H and O–H groups in total. The molecule has 0 radical (unpaired) electrons. The zero-order valence-electron chi connectivity index (χ0n) is 10.6. The number of methoxy groups -OCH3 is 1. The van der Waals surface area contributed by atoms with Crippen molar-refractivity contribution in [2.75, 3.05) is 24.7 Å². The fourth-order valence-corrected chi connectivity index (χ4v) is 1.94. The van der Waals surface area contributed by atoms with Gasteiger partial charge in [0.25, 0.3) is 0 Å². The Morgan fingerprint density at radius 1 is 1.63 bits per heavy atom. The maximum atomic E-state index is 11.7. The minimum Gasteiger partial charge on any atom is -0.465 e. The van der Waals surface area contributed by atoms with Crippen molar-refractivity contribution in [1.82, 2.24) is 10.3 Å². The van der Waals surface area contributed by atoms with E-state index in [2.05, 4.69) is 15.6 Å². The van der Waals surface area contributed by atoms with Crippen LogP contribution in [-0.2, 0) is 9.53 Å². The normalized spacial score (nSPS) is 18.6. The quantitative estimate of drug-likeness (QED) is 0.670. The Morgan fingerprint density at radius 2 is 2.42 bits per heavy atom. The van der Waals surface area contributed by atoms with Crippen LogP contribution in [0.2, 0.25) is 0 Å². The summed E-state index contributed by atoms with van der Waals surface area (Å²) < 4.78 is 4.71. The molecule has 0 bridgehead atoms. The highest BCUT2D eigenvalue weighted by molar-refractivity contribution is 5.96. The van der Waals surface area contributed by atoms with Crippen molar-refractivity contribution in [2.45, 2.75) is 18.9 Å². The topological polar surface area (TPSA) is 106 Å². The maximum absolute atomic E-state index is 11.7. The number of nitrogens with zero attached hydrogens (tertiary/aromatic N) is 1. The molecule has 19 heavy (non-hydrogen) atoms. The van der Waals surface area contributed by atoms with E-state index < -0.39 is 5.97 Å². The molecule has 1 aromatic heterocycles. The molecule has 7 heteroatoms. The highest BCUT2D eigenvalue weighted by atomic mass is 16.5. The molecule has 1 aliphatic heterocycles. The third-order valence-electron chi connectivity index (χ3n) is 2.96. The van der Waals surface area contributed by atoms with Crippen molar-refractivity contribution in [3.05, 3.63) is 17.8 Å². The van der Waals surface area contributed by atoms with Gasteiger partial charge in [0.05, 0.1) is 24.6 Å². The number of nitrogen functional groups attached to an aromatic ring is 1. The van der Waals surface area contributed by atoms with Gasteiger partial charge in [0.2, 0.25) is 5.91 Å². The second kappa shape index (κ2) is 5.55. The zero-order chi connectivity index (χ0) is 13.8. The van der Waals surface area contributed by atoms with Gasteiger partial charge in [-0.3, -0.25) is 4.79 Å². The highest BCUT2D eigenvalue weighted by Crippen LogP contribution is 2.20. The second-order valence-electron chi connectivity index (χ2n) is 4.33. The monoisotopic (exact) mass is 264 g/mol. The Kier molecular flexibility index (Phi) is 3.84. The van der Waals surface area contributed by atoms with Crippen molar-refractivity contribution in [2.24, 2.45) is 0 Å². The molecule has 2 heterocycles. The minimum absolute atomic E-state index is 0.0432. The number of rotatable bonds is 3. The number of esters is 1. The molecule has 2 rings (SSSR count). The molecule has 1 saturated heterocycles. The van der Waals surface area contributed by atoms with Crippen molar-refractivity contribution in [3.8, 4) is 0 Å². The highest BCUT2D eigenvalue weighted by Gasteiger charge is 2.20. The number of hydrogen-bond donors (Lipinski definition) is 3. The van der Waals surface area contributed by atoms with Crippen LogP contribution >= 0.6 is 0 Å². The first-order chi connectivity index (χ1) is 9.10. The molecular formula is C12H16N4O3. The van der Waals surface area contributed by atoms with Gasteiger partial charge in [0.15, 0.2) is 0 Å². The third kappa shape index (κ3) is 3.12. The van der Waals surface area contributed by atoms with Crippen LogP contribution in [0.5, 0.6) is 0 Å². The van der Waals surface area contributed by atoms with E-state index in [1.807, 2.05) is 0 Å². The molecule has 1 amide bonds. The van der Waals surface area contributed by atoms with E-state index >= 15 is 0 Å². The van der Waals surface area contributed by atoms with Gasteiger partial charge in [0.1, 0.15) is 5.82 Å². The molecule has 0 aliphatic carbocycles. The van der Waals surface area contributed by atoms with E-state index in [0.717, 1.165) is 0 Å². The van der Waals surface area contributed by atoms with Crippen LogP contribution in [0, 0.1) is 0 Å². The Hall–Kier alpha value is -2.31. The van der Waals surface area contributed by atoms with Crippen LogP contribution < -0.4 is 16.4 Å². The van der Waals surface area contributed by atoms with Crippen LogP contribution in [0.1, 0.15) is 23.2 Å². The first-order valence-corrected chi connectivity index (χ1v) is 5.97. The maximum Gasteiger partial charge on any atom is 0.340 e. The van der Waals surface area contributed by atoms with Crippen LogP contribution in [0.4, 0.5) is 11.5 Å². The predicted molar refractivity (Wildman–Crippen MR) is 69.6 cm³/mol. The summed E-state index contributed by atoms with van der Waals surface area (Å²) in [4.78, 5) is 26.7. The Balaban J connectivity index is 2.15. The lowest BCUT2D eigenvalue weighted by molar-refractivity contribution is -0.122. The molecular weight excluding hydrogens is 248 g/mol. The van der Waals surface area contributed by atoms with Crippen LogP contribution in [-0.4, -0.2) is 36.6 Å². The summed E-state index contributed by atoms with van der Waals surface area (Å²) in [5.74, 6) is -0.180. The minimum atomic E-state index is -0.476. The fraction of sp³-hybridized carbons (Fsp3) is 0.417. The molecule has 0 saturated carbocycles. The van der Waals surface area contributed by atoms with Crippen LogP contribution in [0.15, 0.2) is 12.3 Å². The van der Waals surface area contributed by atoms with E-state index in [0.29, 0.717) is 30.6 Å². The molecule has 1 unspecified atom stereocenters. The molecule has 1 aromatic rings. The van der Waals surface area contributed by atoms with E-state index in [9.17, 15) is 9.59 Å². The molecule has 0 spiro atoms. The van der Waals surface area contributed by atoms with Crippen molar-refractivity contribution in [1.29, 1.82) is 0 Å². The summed E-state index contributed by atoms with van der Waals surface area (Å²) in [6, 6.07) is 1.53. The molecule has 0 aromatic carbocycles. The number of hydrogen-bond acceptors (Lipinski definition) is 6. The molecule has 7 nitrogen and oxygen atoms in total. The number of piperidine rings is 1. The van der Waals surface area contributed by atoms with Crippen LogP contribution in [0.3, 0.4) is 0 Å². The van der Waals surface area contributed by atoms with Crippen molar-refractivity contribution >= 4 is 23.4 Å². The Labute approximate surface area is 110 Å². The number of nitrogens with one attached hydrogen (secondary N) is 2. The number of amides is 1. The predicted octanol–water partition coefficient (Wildman–Crippen LogP) is 0.141. The Bertz CT molecular complexity index is 494. The lowest BCUT2D eigenvalue weighted by Gasteiger charge is -2.25. The van der Waals surface area contributed by atoms with E-state index in [1.165, 1.54) is 19.4 Å². The average molecular weight is 264 g/mol. The van der Waals surface area contributed by atoms with Gasteiger partial charge in [0, 0.05) is 19.0 Å². The van der Waals surface area contributed by atoms with Gasteiger partial charge in [-0.15, -0.1) is 0 Å². The van der Waals surface area contributed by atoms with E-state index in [4.69, 9.17) is 10.5 Å². The van der Waals surface area contributed by atoms with Crippen molar-refractivity contribution in [3.63, 3.8) is 0 Å². The number of nitrogens with two attached hydrogens (primary N) is 1. The van der Waals surface area contributed by atoms with Crippen LogP contribution in [0.25, 0.3) is 0 Å². The number of pyridine rings is 1. The number of ether oxygens (including phenoxy) is 1. The van der Waals surface area contributed by atoms with Gasteiger partial charge in [-0.2, -0.15) is 0 Å². The summed E-state index contributed by atoms with van der Waals surface area (Å²) in [6.45, 7) is 0.518. The summed E-state index contributed by atoms with van der Waals surface area (Å²) in [5.41, 5.74) is 6.46. The number of carbonyl (C=O) groups excluding carboxylic acids is 2. The molecule has 1 aliphatic rings. The first kappa shape index (κ1) is 13.1.